The molecule has 1 aliphatic rings. The minimum Gasteiger partial charge on any atom is -0.0747 e. The lowest BCUT2D eigenvalue weighted by atomic mass is 10.1. The van der Waals surface area contributed by atoms with E-state index in [0.717, 1.165) is 6.42 Å². The van der Waals surface area contributed by atoms with Gasteiger partial charge in [-0.15, -0.1) is 0 Å². The molecule has 0 saturated carbocycles. The van der Waals surface area contributed by atoms with Crippen LogP contribution < -0.4 is 0 Å². The summed E-state index contributed by atoms with van der Waals surface area (Å²) in [5, 5.41) is 0. The van der Waals surface area contributed by atoms with Crippen LogP contribution in [0, 0.1) is 0 Å². The quantitative estimate of drug-likeness (QED) is 0.660. The molecule has 2 rings (SSSR count). The Balaban J connectivity index is 2.05. The number of hydrogen-bond acceptors (Lipinski definition) is 0. The van der Waals surface area contributed by atoms with Gasteiger partial charge in [0.25, 0.3) is 0 Å². The molecule has 0 atom stereocenters. The van der Waals surface area contributed by atoms with Gasteiger partial charge in [0.15, 0.2) is 0 Å². The van der Waals surface area contributed by atoms with Crippen LogP contribution in [-0.2, 0) is 0 Å². The van der Waals surface area contributed by atoms with Crippen LogP contribution in [0.1, 0.15) is 12.0 Å². The van der Waals surface area contributed by atoms with Gasteiger partial charge in [-0.1, -0.05) is 92.6 Å². The molecule has 1 aromatic carbocycles. The summed E-state index contributed by atoms with van der Waals surface area (Å²) in [6.45, 7) is 0. The number of halogens is 2. The molecule has 0 fully saturated rings. The first kappa shape index (κ1) is 11.9. The van der Waals surface area contributed by atoms with E-state index in [1.165, 1.54) is 11.1 Å². The van der Waals surface area contributed by atoms with Crippen LogP contribution in [0.5, 0.6) is 0 Å². The number of rotatable bonds is 2. The molecule has 2 heteroatoms. The number of benzene rings is 1. The van der Waals surface area contributed by atoms with Crippen LogP contribution in [-0.4, -0.2) is 3.23 Å². The van der Waals surface area contributed by atoms with Gasteiger partial charge in [0.2, 0.25) is 0 Å². The Bertz CT molecular complexity index is 439. The van der Waals surface area contributed by atoms with E-state index in [2.05, 4.69) is 74.4 Å². The molecular weight excluding hydrogens is 328 g/mol. The lowest BCUT2D eigenvalue weighted by molar-refractivity contribution is 1.02. The summed E-state index contributed by atoms with van der Waals surface area (Å²) < 4.78 is -0.0515. The molecular formula is C14H12Br2. The van der Waals surface area contributed by atoms with Gasteiger partial charge in [-0.05, 0) is 17.6 Å². The second-order valence-electron chi connectivity index (χ2n) is 3.75. The topological polar surface area (TPSA) is 0 Å². The molecule has 1 aromatic rings. The first-order chi connectivity index (χ1) is 7.66. The third-order valence-corrected chi connectivity index (χ3v) is 3.57. The van der Waals surface area contributed by atoms with Gasteiger partial charge in [-0.3, -0.25) is 0 Å². The minimum atomic E-state index is -0.0515. The molecule has 0 nitrogen and oxygen atoms in total. The predicted molar refractivity (Wildman–Crippen MR) is 77.9 cm³/mol. The summed E-state index contributed by atoms with van der Waals surface area (Å²) in [6, 6.07) is 10.3. The first-order valence-electron chi connectivity index (χ1n) is 5.16. The third kappa shape index (κ3) is 3.46. The Hall–Kier alpha value is -0.600. The fraction of sp³-hybridized carbons (Fsp3) is 0.143. The Morgan fingerprint density at radius 2 is 1.81 bits per heavy atom. The third-order valence-electron chi connectivity index (χ3n) is 2.40. The lowest BCUT2D eigenvalue weighted by Crippen LogP contribution is -2.07. The van der Waals surface area contributed by atoms with Crippen molar-refractivity contribution in [2.75, 3.05) is 0 Å². The zero-order valence-corrected chi connectivity index (χ0v) is 11.9. The minimum absolute atomic E-state index is 0.0515. The maximum atomic E-state index is 3.58. The summed E-state index contributed by atoms with van der Waals surface area (Å²) in [6.07, 6.45) is 11.7. The van der Waals surface area contributed by atoms with E-state index < -0.39 is 0 Å². The van der Waals surface area contributed by atoms with Gasteiger partial charge in [-0.2, -0.15) is 0 Å². The summed E-state index contributed by atoms with van der Waals surface area (Å²) in [5.74, 6) is 0. The van der Waals surface area contributed by atoms with Gasteiger partial charge in [0.05, 0.1) is 0 Å². The second-order valence-corrected chi connectivity index (χ2v) is 7.64. The van der Waals surface area contributed by atoms with Crippen LogP contribution in [0.4, 0.5) is 0 Å². The Morgan fingerprint density at radius 3 is 2.44 bits per heavy atom. The number of hydrogen-bond donors (Lipinski definition) is 0. The van der Waals surface area contributed by atoms with Crippen LogP contribution in [0.2, 0.25) is 0 Å². The normalized spacial score (nSPS) is 18.8. The molecule has 0 unspecified atom stereocenters. The summed E-state index contributed by atoms with van der Waals surface area (Å²) >= 11 is 7.15. The fourth-order valence-corrected chi connectivity index (χ4v) is 2.08. The highest BCUT2D eigenvalue weighted by atomic mass is 79.9. The van der Waals surface area contributed by atoms with Crippen LogP contribution in [0.3, 0.4) is 0 Å². The van der Waals surface area contributed by atoms with Crippen LogP contribution in [0.15, 0.2) is 60.2 Å². The van der Waals surface area contributed by atoms with Gasteiger partial charge in [-0.25, -0.2) is 0 Å². The highest BCUT2D eigenvalue weighted by molar-refractivity contribution is 9.25. The molecule has 0 aromatic heterocycles. The monoisotopic (exact) mass is 338 g/mol. The fourth-order valence-electron chi connectivity index (χ4n) is 1.49. The largest absolute Gasteiger partial charge is 0.102 e. The average molecular weight is 340 g/mol. The van der Waals surface area contributed by atoms with Crippen LogP contribution in [0.25, 0.3) is 6.08 Å². The van der Waals surface area contributed by atoms with Crippen molar-refractivity contribution >= 4 is 37.9 Å². The average Bonchev–Trinajstić information content (AvgIpc) is 2.29. The van der Waals surface area contributed by atoms with Crippen molar-refractivity contribution in [1.29, 1.82) is 0 Å². The standard InChI is InChI=1S/C14H12Br2/c15-14(16)10-8-13(9-11-14)7-6-12-4-2-1-3-5-12/h1-10H,11H2. The highest BCUT2D eigenvalue weighted by Gasteiger charge is 2.19. The van der Waals surface area contributed by atoms with Crippen molar-refractivity contribution < 1.29 is 0 Å². The first-order valence-corrected chi connectivity index (χ1v) is 6.75. The Labute approximate surface area is 113 Å². The van der Waals surface area contributed by atoms with Crippen molar-refractivity contribution in [3.05, 3.63) is 65.8 Å². The van der Waals surface area contributed by atoms with E-state index in [4.69, 9.17) is 0 Å². The molecule has 0 radical (unpaired) electrons. The Kier molecular flexibility index (Phi) is 3.82. The molecule has 0 N–H and O–H groups in total. The van der Waals surface area contributed by atoms with E-state index in [0.29, 0.717) is 0 Å². The molecule has 0 heterocycles. The maximum absolute atomic E-state index is 3.58. The van der Waals surface area contributed by atoms with Crippen molar-refractivity contribution in [2.24, 2.45) is 0 Å². The van der Waals surface area contributed by atoms with Crippen molar-refractivity contribution in [3.8, 4) is 0 Å². The summed E-state index contributed by atoms with van der Waals surface area (Å²) in [5.41, 5.74) is 2.48. The number of alkyl halides is 2. The van der Waals surface area contributed by atoms with Crippen LogP contribution >= 0.6 is 31.9 Å². The lowest BCUT2D eigenvalue weighted by Gasteiger charge is -2.17. The summed E-state index contributed by atoms with van der Waals surface area (Å²) in [7, 11) is 0. The summed E-state index contributed by atoms with van der Waals surface area (Å²) in [4.78, 5) is 0. The molecule has 0 saturated heterocycles. The Morgan fingerprint density at radius 1 is 1.06 bits per heavy atom. The second kappa shape index (κ2) is 5.15. The molecule has 1 aliphatic carbocycles. The van der Waals surface area contributed by atoms with E-state index >= 15 is 0 Å². The molecule has 0 amide bonds. The molecule has 0 spiro atoms. The van der Waals surface area contributed by atoms with Crippen molar-refractivity contribution in [2.45, 2.75) is 9.65 Å². The van der Waals surface area contributed by atoms with Gasteiger partial charge < -0.3 is 0 Å². The van der Waals surface area contributed by atoms with Gasteiger partial charge in [0, 0.05) is 0 Å². The van der Waals surface area contributed by atoms with E-state index in [-0.39, 0.29) is 3.23 Å². The van der Waals surface area contributed by atoms with E-state index in [9.17, 15) is 0 Å². The molecule has 16 heavy (non-hydrogen) atoms. The van der Waals surface area contributed by atoms with E-state index in [1.807, 2.05) is 18.2 Å². The molecule has 0 bridgehead atoms. The van der Waals surface area contributed by atoms with Crippen molar-refractivity contribution in [1.82, 2.24) is 0 Å². The predicted octanol–water partition coefficient (Wildman–Crippen LogP) is 5.07. The zero-order valence-electron chi connectivity index (χ0n) is 8.74. The van der Waals surface area contributed by atoms with Crippen molar-refractivity contribution in [3.63, 3.8) is 0 Å². The highest BCUT2D eigenvalue weighted by Crippen LogP contribution is 2.35. The van der Waals surface area contributed by atoms with Gasteiger partial charge >= 0.3 is 0 Å². The molecule has 82 valence electrons. The SMILES string of the molecule is BrC1(Br)C=CC(C=Cc2ccccc2)=CC1. The smallest absolute Gasteiger partial charge is 0.0747 e. The van der Waals surface area contributed by atoms with Gasteiger partial charge in [0.1, 0.15) is 3.23 Å². The van der Waals surface area contributed by atoms with E-state index in [1.54, 1.807) is 0 Å². The number of allylic oxidation sites excluding steroid dienone is 5. The molecule has 0 aliphatic heterocycles. The zero-order chi connectivity index (χ0) is 11.4. The maximum Gasteiger partial charge on any atom is 0.102 e.